The maximum Gasteiger partial charge on any atom is 0.192 e. The van der Waals surface area contributed by atoms with Gasteiger partial charge in [-0.05, 0) is 97.7 Å². The monoisotopic (exact) mass is 642 g/mol. The Morgan fingerprint density at radius 3 is 1.83 bits per heavy atom. The van der Waals surface area contributed by atoms with E-state index in [1.54, 1.807) is 18.5 Å². The molecular formula is C39H33F3N6. The standard InChI is InChI=1S/C19H14FN3.C12H12N2.C7H3F2N.CH4/c1-21-17-8-15(20)9-18(10-17)23-12-14-11-19(14,13-23)6-5-16-4-2-3-7-22-16;1-2-6-14-11(3-1)4-5-12-7-10(12)8-13-9-12;1-10-7-3-5(8)2-6(9)4-7;/h2-4,7-10,14H,11-13H2;1-3,6,10,13H,7-9H2;2-4H;1H4. The summed E-state index contributed by atoms with van der Waals surface area (Å²) in [4.78, 5) is 16.8. The van der Waals surface area contributed by atoms with Crippen molar-refractivity contribution in [3.05, 3.63) is 137 Å². The number of nitrogens with one attached hydrogen (secondary N) is 1. The van der Waals surface area contributed by atoms with Crippen LogP contribution in [0.2, 0.25) is 0 Å². The molecule has 0 amide bonds. The molecule has 2 aromatic carbocycles. The minimum atomic E-state index is -0.717. The first-order valence-corrected chi connectivity index (χ1v) is 15.2. The van der Waals surface area contributed by atoms with Crippen LogP contribution in [0.4, 0.5) is 30.2 Å². The van der Waals surface area contributed by atoms with E-state index in [1.807, 2.05) is 36.4 Å². The maximum absolute atomic E-state index is 13.6. The number of piperidine rings is 2. The molecule has 4 aromatic rings. The Morgan fingerprint density at radius 1 is 0.750 bits per heavy atom. The summed E-state index contributed by atoms with van der Waals surface area (Å²) in [7, 11) is 0. The van der Waals surface area contributed by atoms with Crippen molar-refractivity contribution in [1.82, 2.24) is 15.3 Å². The van der Waals surface area contributed by atoms with Crippen LogP contribution in [-0.2, 0) is 0 Å². The fraction of sp³-hybridized carbons (Fsp3) is 0.282. The molecule has 6 nitrogen and oxygen atoms in total. The highest BCUT2D eigenvalue weighted by molar-refractivity contribution is 5.61. The van der Waals surface area contributed by atoms with Crippen LogP contribution in [0.5, 0.6) is 0 Å². The van der Waals surface area contributed by atoms with Crippen molar-refractivity contribution >= 4 is 17.1 Å². The van der Waals surface area contributed by atoms with Gasteiger partial charge in [-0.3, -0.25) is 0 Å². The Balaban J connectivity index is 0.000000154. The van der Waals surface area contributed by atoms with Crippen molar-refractivity contribution < 1.29 is 13.2 Å². The number of rotatable bonds is 1. The molecule has 48 heavy (non-hydrogen) atoms. The lowest BCUT2D eigenvalue weighted by molar-refractivity contribution is 0.584. The zero-order valence-corrected chi connectivity index (χ0v) is 25.4. The summed E-state index contributed by atoms with van der Waals surface area (Å²) in [5, 5.41) is 3.38. The molecule has 4 atom stereocenters. The lowest BCUT2D eigenvalue weighted by Gasteiger charge is -2.21. The van der Waals surface area contributed by atoms with Crippen LogP contribution in [0.15, 0.2) is 85.2 Å². The van der Waals surface area contributed by atoms with Crippen LogP contribution in [0.1, 0.15) is 31.7 Å². The topological polar surface area (TPSA) is 49.8 Å². The molecule has 4 heterocycles. The van der Waals surface area contributed by atoms with Crippen LogP contribution in [0.25, 0.3) is 9.69 Å². The SMILES string of the molecule is C.C(#CC12CNCC1C2)c1ccccn1.[C-]#[N+]c1cc(F)cc(F)c1.[C-]#[N+]c1cc(F)cc(N2CC3CC3(C#Cc3ccccn3)C2)c1. The first kappa shape index (κ1) is 33.7. The maximum atomic E-state index is 13.6. The lowest BCUT2D eigenvalue weighted by atomic mass is 10.1. The van der Waals surface area contributed by atoms with Gasteiger partial charge < -0.3 is 10.2 Å². The van der Waals surface area contributed by atoms with Gasteiger partial charge in [0, 0.05) is 49.2 Å². The van der Waals surface area contributed by atoms with E-state index < -0.39 is 11.6 Å². The van der Waals surface area contributed by atoms with Crippen LogP contribution < -0.4 is 10.2 Å². The number of hydrogen-bond acceptors (Lipinski definition) is 4. The third-order valence-corrected chi connectivity index (χ3v) is 8.76. The molecule has 2 aliphatic heterocycles. The van der Waals surface area contributed by atoms with Gasteiger partial charge in [0.25, 0.3) is 0 Å². The number of hydrogen-bond donors (Lipinski definition) is 1. The molecule has 9 heteroatoms. The van der Waals surface area contributed by atoms with E-state index in [0.29, 0.717) is 17.0 Å². The molecule has 1 N–H and O–H groups in total. The van der Waals surface area contributed by atoms with Crippen molar-refractivity contribution in [2.45, 2.75) is 20.3 Å². The molecule has 240 valence electrons. The van der Waals surface area contributed by atoms with Gasteiger partial charge in [0.1, 0.15) is 28.8 Å². The average Bonchev–Trinajstić information content (AvgIpc) is 3.87. The Kier molecular flexibility index (Phi) is 10.1. The first-order chi connectivity index (χ1) is 22.8. The quantitative estimate of drug-likeness (QED) is 0.170. The van der Waals surface area contributed by atoms with E-state index >= 15 is 0 Å². The summed E-state index contributed by atoms with van der Waals surface area (Å²) in [5.41, 5.74) is 3.08. The molecule has 4 aliphatic rings. The second-order valence-electron chi connectivity index (χ2n) is 12.1. The number of nitrogens with zero attached hydrogens (tertiary/aromatic N) is 5. The Morgan fingerprint density at radius 2 is 1.31 bits per heavy atom. The van der Waals surface area contributed by atoms with Gasteiger partial charge >= 0.3 is 0 Å². The molecule has 2 saturated carbocycles. The fourth-order valence-corrected chi connectivity index (χ4v) is 6.07. The number of benzene rings is 2. The summed E-state index contributed by atoms with van der Waals surface area (Å²) in [6.07, 6.45) is 5.90. The van der Waals surface area contributed by atoms with Gasteiger partial charge in [-0.1, -0.05) is 31.4 Å². The van der Waals surface area contributed by atoms with E-state index in [1.165, 1.54) is 18.6 Å². The molecule has 8 rings (SSSR count). The number of pyridine rings is 2. The van der Waals surface area contributed by atoms with E-state index in [0.717, 1.165) is 73.8 Å². The molecule has 0 spiro atoms. The number of halogens is 3. The number of anilines is 1. The highest BCUT2D eigenvalue weighted by Crippen LogP contribution is 2.58. The summed E-state index contributed by atoms with van der Waals surface area (Å²) >= 11 is 0. The minimum absolute atomic E-state index is 0. The van der Waals surface area contributed by atoms with Gasteiger partial charge in [0.05, 0.1) is 18.6 Å². The van der Waals surface area contributed by atoms with Gasteiger partial charge in [0.15, 0.2) is 11.4 Å². The number of fused-ring (bicyclic) bond motifs is 2. The second kappa shape index (κ2) is 14.4. The van der Waals surface area contributed by atoms with Crippen LogP contribution >= 0.6 is 0 Å². The van der Waals surface area contributed by atoms with Crippen molar-refractivity contribution in [3.8, 4) is 23.7 Å². The summed E-state index contributed by atoms with van der Waals surface area (Å²) in [5.74, 6) is 12.6. The second-order valence-corrected chi connectivity index (χ2v) is 12.1. The predicted molar refractivity (Wildman–Crippen MR) is 180 cm³/mol. The smallest absolute Gasteiger partial charge is 0.192 e. The summed E-state index contributed by atoms with van der Waals surface area (Å²) < 4.78 is 38.1. The third-order valence-electron chi connectivity index (χ3n) is 8.76. The largest absolute Gasteiger partial charge is 0.371 e. The van der Waals surface area contributed by atoms with Crippen LogP contribution in [0.3, 0.4) is 0 Å². The molecule has 0 radical (unpaired) electrons. The molecule has 4 unspecified atom stereocenters. The van der Waals surface area contributed by atoms with E-state index in [2.05, 4.69) is 53.6 Å². The van der Waals surface area contributed by atoms with Gasteiger partial charge in [0.2, 0.25) is 0 Å². The van der Waals surface area contributed by atoms with E-state index in [4.69, 9.17) is 13.1 Å². The molecular weight excluding hydrogens is 609 g/mol. The third kappa shape index (κ3) is 8.02. The van der Waals surface area contributed by atoms with Gasteiger partial charge in [-0.25, -0.2) is 32.8 Å². The molecule has 0 bridgehead atoms. The van der Waals surface area contributed by atoms with E-state index in [-0.39, 0.29) is 24.3 Å². The average molecular weight is 643 g/mol. The zero-order chi connectivity index (χ0) is 32.9. The van der Waals surface area contributed by atoms with Gasteiger partial charge in [-0.15, -0.1) is 0 Å². The number of aromatic nitrogens is 2. The Labute approximate surface area is 279 Å². The van der Waals surface area contributed by atoms with E-state index in [9.17, 15) is 13.2 Å². The fourth-order valence-electron chi connectivity index (χ4n) is 6.07. The Bertz CT molecular complexity index is 1960. The molecule has 2 saturated heterocycles. The van der Waals surface area contributed by atoms with Crippen LogP contribution in [-0.4, -0.2) is 36.1 Å². The van der Waals surface area contributed by atoms with Crippen molar-refractivity contribution in [2.24, 2.45) is 22.7 Å². The minimum Gasteiger partial charge on any atom is -0.371 e. The molecule has 2 aromatic heterocycles. The zero-order valence-electron chi connectivity index (χ0n) is 25.4. The Hall–Kier alpha value is -5.61. The lowest BCUT2D eigenvalue weighted by Crippen LogP contribution is -2.24. The first-order valence-electron chi connectivity index (χ1n) is 15.2. The predicted octanol–water partition coefficient (Wildman–Crippen LogP) is 7.84. The van der Waals surface area contributed by atoms with Gasteiger partial charge in [-0.2, -0.15) is 0 Å². The highest BCUT2D eigenvalue weighted by Gasteiger charge is 2.59. The van der Waals surface area contributed by atoms with Crippen LogP contribution in [0, 0.1) is 76.9 Å². The normalized spacial score (nSPS) is 23.1. The van der Waals surface area contributed by atoms with Crippen molar-refractivity contribution in [2.75, 3.05) is 31.1 Å². The van der Waals surface area contributed by atoms with Crippen molar-refractivity contribution in [1.29, 1.82) is 0 Å². The van der Waals surface area contributed by atoms with Crippen molar-refractivity contribution in [3.63, 3.8) is 0 Å². The molecule has 2 aliphatic carbocycles. The molecule has 4 fully saturated rings. The highest BCUT2D eigenvalue weighted by atomic mass is 19.1. The summed E-state index contributed by atoms with van der Waals surface area (Å²) in [6, 6.07) is 18.8. The summed E-state index contributed by atoms with van der Waals surface area (Å²) in [6.45, 7) is 17.4.